The first-order chi connectivity index (χ1) is 9.68. The van der Waals surface area contributed by atoms with Crippen molar-refractivity contribution in [1.29, 1.82) is 0 Å². The summed E-state index contributed by atoms with van der Waals surface area (Å²) in [6.45, 7) is 3.86. The molecule has 0 bridgehead atoms. The second-order valence-electron chi connectivity index (χ2n) is 6.69. The zero-order chi connectivity index (χ0) is 14.6. The lowest BCUT2D eigenvalue weighted by Crippen LogP contribution is -2.19. The number of hydrogen-bond acceptors (Lipinski definition) is 2. The summed E-state index contributed by atoms with van der Waals surface area (Å²) < 4.78 is 5.51. The Morgan fingerprint density at radius 3 is 1.75 bits per heavy atom. The second-order valence-corrected chi connectivity index (χ2v) is 6.69. The summed E-state index contributed by atoms with van der Waals surface area (Å²) in [4.78, 5) is 11.2. The van der Waals surface area contributed by atoms with Gasteiger partial charge < -0.3 is 4.74 Å². The Morgan fingerprint density at radius 2 is 1.25 bits per heavy atom. The second kappa shape index (κ2) is 11.2. The maximum absolute atomic E-state index is 11.2. The molecule has 0 radical (unpaired) electrons. The molecule has 1 rings (SSSR count). The molecule has 1 unspecified atom stereocenters. The molecular weight excluding hydrogens is 248 g/mol. The fraction of sp³-hybridized carbons (Fsp3) is 0.944. The molecule has 0 aromatic heterocycles. The molecule has 1 aliphatic rings. The molecule has 0 aliphatic heterocycles. The Balaban J connectivity index is 2.38. The van der Waals surface area contributed by atoms with Crippen molar-refractivity contribution >= 4 is 5.97 Å². The zero-order valence-electron chi connectivity index (χ0n) is 13.7. The molecule has 1 fully saturated rings. The number of hydrogen-bond donors (Lipinski definition) is 0. The summed E-state index contributed by atoms with van der Waals surface area (Å²) in [5.74, 6) is 0.574. The van der Waals surface area contributed by atoms with Crippen molar-refractivity contribution in [3.63, 3.8) is 0 Å². The van der Waals surface area contributed by atoms with Gasteiger partial charge in [0.05, 0.1) is 0 Å². The molecule has 20 heavy (non-hydrogen) atoms. The highest BCUT2D eigenvalue weighted by Crippen LogP contribution is 2.22. The summed E-state index contributed by atoms with van der Waals surface area (Å²) in [6.07, 6.45) is 17.2. The van der Waals surface area contributed by atoms with Crippen LogP contribution in [0.2, 0.25) is 0 Å². The van der Waals surface area contributed by atoms with E-state index in [1.54, 1.807) is 6.92 Å². The zero-order valence-corrected chi connectivity index (χ0v) is 13.7. The van der Waals surface area contributed by atoms with Gasteiger partial charge in [-0.15, -0.1) is 0 Å². The van der Waals surface area contributed by atoms with Crippen molar-refractivity contribution in [1.82, 2.24) is 0 Å². The van der Waals surface area contributed by atoms with Gasteiger partial charge in [-0.05, 0) is 25.2 Å². The lowest BCUT2D eigenvalue weighted by atomic mass is 9.94. The largest absolute Gasteiger partial charge is 0.463 e. The van der Waals surface area contributed by atoms with Crippen LogP contribution in [0.25, 0.3) is 0 Å². The Morgan fingerprint density at radius 1 is 0.800 bits per heavy atom. The van der Waals surface area contributed by atoms with Gasteiger partial charge in [-0.25, -0.2) is 0 Å². The fourth-order valence-corrected chi connectivity index (χ4v) is 3.31. The number of esters is 1. The quantitative estimate of drug-likeness (QED) is 0.582. The highest BCUT2D eigenvalue weighted by Gasteiger charge is 2.16. The number of carbonyl (C=O) groups excluding carboxylic acids is 1. The van der Waals surface area contributed by atoms with Crippen LogP contribution in [0.1, 0.15) is 97.3 Å². The number of carbonyl (C=O) groups is 1. The van der Waals surface area contributed by atoms with E-state index in [9.17, 15) is 4.79 Å². The number of ether oxygens (including phenoxy) is 1. The van der Waals surface area contributed by atoms with Crippen LogP contribution in [0.3, 0.4) is 0 Å². The maximum Gasteiger partial charge on any atom is 0.302 e. The van der Waals surface area contributed by atoms with Crippen molar-refractivity contribution in [3.05, 3.63) is 0 Å². The van der Waals surface area contributed by atoms with Gasteiger partial charge in [0, 0.05) is 6.92 Å². The Bertz CT molecular complexity index is 250. The van der Waals surface area contributed by atoms with E-state index in [1.807, 2.05) is 0 Å². The van der Waals surface area contributed by atoms with Crippen molar-refractivity contribution in [2.45, 2.75) is 103 Å². The van der Waals surface area contributed by atoms with E-state index in [0.717, 1.165) is 12.8 Å². The molecule has 2 nitrogen and oxygen atoms in total. The first-order valence-electron chi connectivity index (χ1n) is 8.85. The van der Waals surface area contributed by atoms with E-state index in [2.05, 4.69) is 6.92 Å². The molecule has 0 heterocycles. The van der Waals surface area contributed by atoms with E-state index in [-0.39, 0.29) is 12.1 Å². The monoisotopic (exact) mass is 282 g/mol. The third kappa shape index (κ3) is 9.39. The van der Waals surface area contributed by atoms with Gasteiger partial charge in [0.15, 0.2) is 0 Å². The van der Waals surface area contributed by atoms with Gasteiger partial charge in [0.25, 0.3) is 0 Å². The molecule has 0 N–H and O–H groups in total. The Labute approximate surface area is 125 Å². The normalized spacial score (nSPS) is 28.1. The predicted octanol–water partition coefficient (Wildman–Crippen LogP) is 5.64. The van der Waals surface area contributed by atoms with Crippen LogP contribution >= 0.6 is 0 Å². The first-order valence-corrected chi connectivity index (χ1v) is 8.85. The first kappa shape index (κ1) is 17.5. The van der Waals surface area contributed by atoms with Crippen molar-refractivity contribution in [2.24, 2.45) is 5.92 Å². The summed E-state index contributed by atoms with van der Waals surface area (Å²) in [5.41, 5.74) is 0. The van der Waals surface area contributed by atoms with Crippen LogP contribution in [0, 0.1) is 5.92 Å². The van der Waals surface area contributed by atoms with E-state index in [1.165, 1.54) is 70.6 Å². The highest BCUT2D eigenvalue weighted by molar-refractivity contribution is 5.66. The van der Waals surface area contributed by atoms with Crippen LogP contribution in [0.4, 0.5) is 0 Å². The lowest BCUT2D eigenvalue weighted by Gasteiger charge is -2.21. The van der Waals surface area contributed by atoms with Gasteiger partial charge >= 0.3 is 5.97 Å². The molecule has 0 spiro atoms. The summed E-state index contributed by atoms with van der Waals surface area (Å²) in [5, 5.41) is 0. The fourth-order valence-electron chi connectivity index (χ4n) is 3.31. The third-order valence-electron chi connectivity index (χ3n) is 4.47. The van der Waals surface area contributed by atoms with Crippen LogP contribution in [-0.2, 0) is 9.53 Å². The van der Waals surface area contributed by atoms with Crippen LogP contribution < -0.4 is 0 Å². The Kier molecular flexibility index (Phi) is 9.78. The molecule has 1 saturated carbocycles. The van der Waals surface area contributed by atoms with E-state index in [0.29, 0.717) is 5.92 Å². The summed E-state index contributed by atoms with van der Waals surface area (Å²) in [6, 6.07) is 0. The van der Waals surface area contributed by atoms with Crippen LogP contribution in [0.15, 0.2) is 0 Å². The minimum absolute atomic E-state index is 0.111. The third-order valence-corrected chi connectivity index (χ3v) is 4.47. The molecule has 1 aliphatic carbocycles. The summed E-state index contributed by atoms with van der Waals surface area (Å²) >= 11 is 0. The van der Waals surface area contributed by atoms with E-state index < -0.39 is 0 Å². The van der Waals surface area contributed by atoms with Crippen LogP contribution in [0.5, 0.6) is 0 Å². The van der Waals surface area contributed by atoms with Crippen molar-refractivity contribution < 1.29 is 9.53 Å². The smallest absolute Gasteiger partial charge is 0.302 e. The molecule has 2 atom stereocenters. The summed E-state index contributed by atoms with van der Waals surface area (Å²) in [7, 11) is 0. The average Bonchev–Trinajstić information content (AvgIpc) is 2.39. The molecule has 118 valence electrons. The minimum Gasteiger partial charge on any atom is -0.463 e. The van der Waals surface area contributed by atoms with Crippen LogP contribution in [-0.4, -0.2) is 12.1 Å². The van der Waals surface area contributed by atoms with Gasteiger partial charge in [-0.2, -0.15) is 0 Å². The van der Waals surface area contributed by atoms with Crippen molar-refractivity contribution in [3.8, 4) is 0 Å². The standard InChI is InChI=1S/C18H34O2/c1-16-13-11-9-7-5-3-4-6-8-10-12-14-18(15-16)20-17(2)19/h16,18H,3-15H2,1-2H3/t16-,18?/m0/s1. The molecule has 0 amide bonds. The van der Waals surface area contributed by atoms with Gasteiger partial charge in [0.1, 0.15) is 6.10 Å². The molecule has 0 aromatic carbocycles. The lowest BCUT2D eigenvalue weighted by molar-refractivity contribution is -0.147. The van der Waals surface area contributed by atoms with Crippen molar-refractivity contribution in [2.75, 3.05) is 0 Å². The predicted molar refractivity (Wildman–Crippen MR) is 84.7 cm³/mol. The van der Waals surface area contributed by atoms with Gasteiger partial charge in [0.2, 0.25) is 0 Å². The average molecular weight is 282 g/mol. The minimum atomic E-state index is -0.111. The number of rotatable bonds is 1. The van der Waals surface area contributed by atoms with E-state index >= 15 is 0 Å². The topological polar surface area (TPSA) is 26.3 Å². The highest BCUT2D eigenvalue weighted by atomic mass is 16.5. The SMILES string of the molecule is CC(=O)OC1CCCCCCCCCCCC[C@H](C)C1. The molecule has 0 saturated heterocycles. The van der Waals surface area contributed by atoms with Gasteiger partial charge in [-0.3, -0.25) is 4.79 Å². The Hall–Kier alpha value is -0.530. The molecule has 0 aromatic rings. The van der Waals surface area contributed by atoms with Gasteiger partial charge in [-0.1, -0.05) is 71.1 Å². The molecular formula is C18H34O2. The maximum atomic E-state index is 11.2. The molecule has 2 heteroatoms. The van der Waals surface area contributed by atoms with E-state index in [4.69, 9.17) is 4.74 Å².